The SMILES string of the molecule is COC(=O)C1CCCC1S(=O)(=O)NC1CCOC(C)(C)C1. The molecule has 2 rings (SSSR count). The lowest BCUT2D eigenvalue weighted by Crippen LogP contribution is -2.49. The van der Waals surface area contributed by atoms with Crippen molar-refractivity contribution in [2.75, 3.05) is 13.7 Å². The van der Waals surface area contributed by atoms with Gasteiger partial charge in [0.15, 0.2) is 0 Å². The third-order valence-electron chi connectivity index (χ3n) is 4.38. The highest BCUT2D eigenvalue weighted by atomic mass is 32.2. The van der Waals surface area contributed by atoms with Gasteiger partial charge in [-0.2, -0.15) is 0 Å². The molecule has 2 aliphatic rings. The van der Waals surface area contributed by atoms with E-state index in [1.54, 1.807) is 0 Å². The summed E-state index contributed by atoms with van der Waals surface area (Å²) >= 11 is 0. The number of rotatable bonds is 4. The van der Waals surface area contributed by atoms with Crippen LogP contribution in [0.3, 0.4) is 0 Å². The van der Waals surface area contributed by atoms with Crippen LogP contribution in [0.1, 0.15) is 46.0 Å². The number of carbonyl (C=O) groups excluding carboxylic acids is 1. The fourth-order valence-corrected chi connectivity index (χ4v) is 5.37. The lowest BCUT2D eigenvalue weighted by atomic mass is 9.95. The van der Waals surface area contributed by atoms with Crippen molar-refractivity contribution >= 4 is 16.0 Å². The van der Waals surface area contributed by atoms with Gasteiger partial charge in [-0.05, 0) is 39.5 Å². The first kappa shape index (κ1) is 16.7. The number of esters is 1. The minimum atomic E-state index is -3.52. The number of carbonyl (C=O) groups is 1. The molecule has 3 atom stereocenters. The molecule has 3 unspecified atom stereocenters. The molecular weight excluding hydrogens is 294 g/mol. The molecule has 0 aromatic heterocycles. The van der Waals surface area contributed by atoms with Gasteiger partial charge < -0.3 is 9.47 Å². The van der Waals surface area contributed by atoms with E-state index in [2.05, 4.69) is 4.72 Å². The Morgan fingerprint density at radius 3 is 2.62 bits per heavy atom. The highest BCUT2D eigenvalue weighted by molar-refractivity contribution is 7.90. The summed E-state index contributed by atoms with van der Waals surface area (Å²) in [7, 11) is -2.22. The minimum Gasteiger partial charge on any atom is -0.469 e. The molecule has 0 aromatic rings. The van der Waals surface area contributed by atoms with E-state index >= 15 is 0 Å². The van der Waals surface area contributed by atoms with Crippen molar-refractivity contribution < 1.29 is 22.7 Å². The van der Waals surface area contributed by atoms with Crippen molar-refractivity contribution in [3.63, 3.8) is 0 Å². The fraction of sp³-hybridized carbons (Fsp3) is 0.929. The quantitative estimate of drug-likeness (QED) is 0.788. The predicted octanol–water partition coefficient (Wildman–Crippen LogP) is 1.21. The Bertz CT molecular complexity index is 488. The lowest BCUT2D eigenvalue weighted by Gasteiger charge is -2.36. The molecule has 0 aromatic carbocycles. The Hall–Kier alpha value is -0.660. The second-order valence-corrected chi connectivity index (χ2v) is 8.49. The van der Waals surface area contributed by atoms with Gasteiger partial charge in [-0.25, -0.2) is 13.1 Å². The summed E-state index contributed by atoms with van der Waals surface area (Å²) in [5, 5.41) is -0.670. The molecule has 0 spiro atoms. The van der Waals surface area contributed by atoms with Crippen LogP contribution in [0.15, 0.2) is 0 Å². The summed E-state index contributed by atoms with van der Waals surface area (Å²) in [6.07, 6.45) is 3.14. The average Bonchev–Trinajstić information content (AvgIpc) is 2.86. The maximum atomic E-state index is 12.6. The Labute approximate surface area is 126 Å². The third kappa shape index (κ3) is 3.96. The monoisotopic (exact) mass is 319 g/mol. The summed E-state index contributed by atoms with van der Waals surface area (Å²) in [5.74, 6) is -0.962. The molecule has 1 aliphatic heterocycles. The molecule has 0 radical (unpaired) electrons. The fourth-order valence-electron chi connectivity index (χ4n) is 3.37. The highest BCUT2D eigenvalue weighted by Crippen LogP contribution is 2.33. The van der Waals surface area contributed by atoms with Crippen molar-refractivity contribution in [2.45, 2.75) is 62.8 Å². The molecule has 21 heavy (non-hydrogen) atoms. The van der Waals surface area contributed by atoms with Gasteiger partial charge in [0.1, 0.15) is 0 Å². The van der Waals surface area contributed by atoms with Crippen LogP contribution < -0.4 is 4.72 Å². The Kier molecular flexibility index (Phi) is 4.95. The Balaban J connectivity index is 2.06. The maximum absolute atomic E-state index is 12.6. The zero-order valence-corrected chi connectivity index (χ0v) is 13.7. The number of sulfonamides is 1. The largest absolute Gasteiger partial charge is 0.469 e. The van der Waals surface area contributed by atoms with Crippen LogP contribution in [0, 0.1) is 5.92 Å². The summed E-state index contributed by atoms with van der Waals surface area (Å²) in [6.45, 7) is 4.46. The van der Waals surface area contributed by atoms with Gasteiger partial charge in [0, 0.05) is 12.6 Å². The first-order chi connectivity index (χ1) is 9.75. The van der Waals surface area contributed by atoms with Crippen molar-refractivity contribution in [3.8, 4) is 0 Å². The van der Waals surface area contributed by atoms with Gasteiger partial charge in [0.05, 0.1) is 23.9 Å². The average molecular weight is 319 g/mol. The van der Waals surface area contributed by atoms with Gasteiger partial charge in [0.2, 0.25) is 10.0 Å². The predicted molar refractivity (Wildman–Crippen MR) is 78.3 cm³/mol. The van der Waals surface area contributed by atoms with E-state index in [0.29, 0.717) is 32.3 Å². The van der Waals surface area contributed by atoms with E-state index in [1.165, 1.54) is 7.11 Å². The standard InChI is InChI=1S/C14H25NO5S/c1-14(2)9-10(7-8-20-14)15-21(17,18)12-6-4-5-11(12)13(16)19-3/h10-12,15H,4-9H2,1-3H3. The topological polar surface area (TPSA) is 81.7 Å². The lowest BCUT2D eigenvalue weighted by molar-refractivity contribution is -0.145. The maximum Gasteiger partial charge on any atom is 0.310 e. The minimum absolute atomic E-state index is 0.127. The first-order valence-electron chi connectivity index (χ1n) is 7.48. The second-order valence-electron chi connectivity index (χ2n) is 6.56. The molecule has 2 fully saturated rings. The van der Waals surface area contributed by atoms with Gasteiger partial charge in [-0.3, -0.25) is 4.79 Å². The molecule has 1 heterocycles. The number of hydrogen-bond donors (Lipinski definition) is 1. The molecule has 0 bridgehead atoms. The Morgan fingerprint density at radius 1 is 1.29 bits per heavy atom. The van der Waals surface area contributed by atoms with Crippen LogP contribution in [0.25, 0.3) is 0 Å². The number of nitrogens with one attached hydrogen (secondary N) is 1. The molecule has 1 saturated heterocycles. The van der Waals surface area contributed by atoms with E-state index < -0.39 is 27.2 Å². The molecule has 1 aliphatic carbocycles. The van der Waals surface area contributed by atoms with Crippen molar-refractivity contribution in [2.24, 2.45) is 5.92 Å². The van der Waals surface area contributed by atoms with Crippen molar-refractivity contribution in [1.82, 2.24) is 4.72 Å². The van der Waals surface area contributed by atoms with E-state index in [-0.39, 0.29) is 11.6 Å². The molecule has 1 saturated carbocycles. The Morgan fingerprint density at radius 2 is 2.00 bits per heavy atom. The van der Waals surface area contributed by atoms with Crippen LogP contribution in [-0.2, 0) is 24.3 Å². The van der Waals surface area contributed by atoms with Crippen LogP contribution in [0.4, 0.5) is 0 Å². The third-order valence-corrected chi connectivity index (χ3v) is 6.41. The molecule has 6 nitrogen and oxygen atoms in total. The number of hydrogen-bond acceptors (Lipinski definition) is 5. The van der Waals surface area contributed by atoms with E-state index in [4.69, 9.17) is 9.47 Å². The van der Waals surface area contributed by atoms with Gasteiger partial charge in [-0.1, -0.05) is 6.42 Å². The normalized spacial score (nSPS) is 32.8. The van der Waals surface area contributed by atoms with Crippen LogP contribution in [0.2, 0.25) is 0 Å². The second kappa shape index (κ2) is 6.22. The number of ether oxygens (including phenoxy) is 2. The molecular formula is C14H25NO5S. The first-order valence-corrected chi connectivity index (χ1v) is 9.03. The molecule has 7 heteroatoms. The molecule has 122 valence electrons. The van der Waals surface area contributed by atoms with Crippen molar-refractivity contribution in [1.29, 1.82) is 0 Å². The van der Waals surface area contributed by atoms with E-state index in [1.807, 2.05) is 13.8 Å². The summed E-state index contributed by atoms with van der Waals surface area (Å²) < 4.78 is 38.3. The summed E-state index contributed by atoms with van der Waals surface area (Å²) in [4.78, 5) is 11.7. The molecule has 1 N–H and O–H groups in total. The van der Waals surface area contributed by atoms with Crippen LogP contribution >= 0.6 is 0 Å². The smallest absolute Gasteiger partial charge is 0.310 e. The van der Waals surface area contributed by atoms with Gasteiger partial charge >= 0.3 is 5.97 Å². The number of methoxy groups -OCH3 is 1. The summed E-state index contributed by atoms with van der Waals surface area (Å²) in [5.41, 5.74) is -0.317. The zero-order valence-electron chi connectivity index (χ0n) is 12.9. The van der Waals surface area contributed by atoms with Crippen LogP contribution in [0.5, 0.6) is 0 Å². The van der Waals surface area contributed by atoms with E-state index in [0.717, 1.165) is 6.42 Å². The van der Waals surface area contributed by atoms with Gasteiger partial charge in [-0.15, -0.1) is 0 Å². The molecule has 0 amide bonds. The highest BCUT2D eigenvalue weighted by Gasteiger charge is 2.43. The zero-order chi connectivity index (χ0) is 15.7. The summed E-state index contributed by atoms with van der Waals surface area (Å²) in [6, 6.07) is -0.127. The van der Waals surface area contributed by atoms with E-state index in [9.17, 15) is 13.2 Å². The van der Waals surface area contributed by atoms with Crippen LogP contribution in [-0.4, -0.2) is 45.0 Å². The van der Waals surface area contributed by atoms with Crippen molar-refractivity contribution in [3.05, 3.63) is 0 Å². The van der Waals surface area contributed by atoms with Gasteiger partial charge in [0.25, 0.3) is 0 Å².